The Labute approximate surface area is 119 Å². The maximum Gasteiger partial charge on any atom is 0.419 e. The van der Waals surface area contributed by atoms with Gasteiger partial charge in [0.15, 0.2) is 0 Å². The predicted octanol–water partition coefficient (Wildman–Crippen LogP) is 1.32. The first-order valence-electron chi connectivity index (χ1n) is 6.97. The molecule has 0 radical (unpaired) electrons. The Kier molecular flexibility index (Phi) is 4.15. The molecule has 6 nitrogen and oxygen atoms in total. The lowest BCUT2D eigenvalue weighted by Crippen LogP contribution is -2.47. The lowest BCUT2D eigenvalue weighted by Gasteiger charge is -2.32. The van der Waals surface area contributed by atoms with Gasteiger partial charge in [0.2, 0.25) is 0 Å². The van der Waals surface area contributed by atoms with Crippen LogP contribution in [0.2, 0.25) is 0 Å². The third-order valence-electron chi connectivity index (χ3n) is 3.20. The molecule has 1 unspecified atom stereocenters. The lowest BCUT2D eigenvalue weighted by molar-refractivity contribution is 0.0161. The zero-order valence-electron chi connectivity index (χ0n) is 12.3. The van der Waals surface area contributed by atoms with E-state index in [1.54, 1.807) is 6.20 Å². The third-order valence-corrected chi connectivity index (χ3v) is 3.20. The van der Waals surface area contributed by atoms with E-state index in [1.165, 1.54) is 10.9 Å². The molecule has 1 aromatic heterocycles. The molecule has 1 aliphatic rings. The summed E-state index contributed by atoms with van der Waals surface area (Å²) in [5.41, 5.74) is -0.611. The second kappa shape index (κ2) is 5.54. The number of carbonyl (C=O) groups excluding carboxylic acids is 1. The maximum absolute atomic E-state index is 11.9. The SMILES string of the molecule is CC(C)(C)OC(=O)n1cnc(CC2(O)CCCNC2)c1. The van der Waals surface area contributed by atoms with Gasteiger partial charge in [-0.2, -0.15) is 0 Å². The zero-order chi connectivity index (χ0) is 14.8. The van der Waals surface area contributed by atoms with E-state index in [2.05, 4.69) is 10.3 Å². The van der Waals surface area contributed by atoms with Crippen LogP contribution in [-0.2, 0) is 11.2 Å². The van der Waals surface area contributed by atoms with Crippen LogP contribution in [0.3, 0.4) is 0 Å². The first-order valence-corrected chi connectivity index (χ1v) is 6.97. The van der Waals surface area contributed by atoms with Crippen LogP contribution >= 0.6 is 0 Å². The highest BCUT2D eigenvalue weighted by Gasteiger charge is 2.30. The average molecular weight is 281 g/mol. The van der Waals surface area contributed by atoms with Gasteiger partial charge in [-0.15, -0.1) is 0 Å². The number of aromatic nitrogens is 2. The van der Waals surface area contributed by atoms with E-state index < -0.39 is 17.3 Å². The smallest absolute Gasteiger partial charge is 0.419 e. The van der Waals surface area contributed by atoms with Gasteiger partial charge < -0.3 is 15.2 Å². The van der Waals surface area contributed by atoms with Gasteiger partial charge in [-0.1, -0.05) is 0 Å². The van der Waals surface area contributed by atoms with Crippen molar-refractivity contribution in [2.75, 3.05) is 13.1 Å². The summed E-state index contributed by atoms with van der Waals surface area (Å²) >= 11 is 0. The molecule has 2 N–H and O–H groups in total. The summed E-state index contributed by atoms with van der Waals surface area (Å²) in [6, 6.07) is 0. The van der Waals surface area contributed by atoms with Crippen molar-refractivity contribution in [2.24, 2.45) is 0 Å². The summed E-state index contributed by atoms with van der Waals surface area (Å²) in [5, 5.41) is 13.6. The Morgan fingerprint density at radius 2 is 2.35 bits per heavy atom. The predicted molar refractivity (Wildman–Crippen MR) is 74.6 cm³/mol. The second-order valence-electron chi connectivity index (χ2n) is 6.43. The van der Waals surface area contributed by atoms with E-state index >= 15 is 0 Å². The number of hydrogen-bond donors (Lipinski definition) is 2. The Bertz CT molecular complexity index is 470. The minimum absolute atomic E-state index is 0.440. The first-order chi connectivity index (χ1) is 9.27. The van der Waals surface area contributed by atoms with Gasteiger partial charge in [0, 0.05) is 19.2 Å². The average Bonchev–Trinajstić information content (AvgIpc) is 2.75. The van der Waals surface area contributed by atoms with Crippen molar-refractivity contribution in [2.45, 2.75) is 51.2 Å². The molecular weight excluding hydrogens is 258 g/mol. The number of rotatable bonds is 2. The van der Waals surface area contributed by atoms with Gasteiger partial charge in [0.05, 0.1) is 11.3 Å². The summed E-state index contributed by atoms with van der Waals surface area (Å²) in [6.45, 7) is 6.96. The fourth-order valence-corrected chi connectivity index (χ4v) is 2.31. The van der Waals surface area contributed by atoms with Crippen molar-refractivity contribution in [1.29, 1.82) is 0 Å². The highest BCUT2D eigenvalue weighted by Crippen LogP contribution is 2.20. The van der Waals surface area contributed by atoms with E-state index in [9.17, 15) is 9.90 Å². The third kappa shape index (κ3) is 4.05. The van der Waals surface area contributed by atoms with Crippen LogP contribution in [0.1, 0.15) is 39.3 Å². The van der Waals surface area contributed by atoms with Crippen molar-refractivity contribution in [3.8, 4) is 0 Å². The molecule has 2 rings (SSSR count). The highest BCUT2D eigenvalue weighted by atomic mass is 16.6. The molecule has 1 aromatic rings. The number of β-amino-alcohol motifs (C(OH)–C–C–N with tert-alkyl or cyclic N) is 1. The monoisotopic (exact) mass is 281 g/mol. The van der Waals surface area contributed by atoms with Crippen LogP contribution in [-0.4, -0.2) is 45.0 Å². The second-order valence-corrected chi connectivity index (χ2v) is 6.43. The molecule has 1 saturated heterocycles. The summed E-state index contributed by atoms with van der Waals surface area (Å²) in [7, 11) is 0. The largest absolute Gasteiger partial charge is 0.443 e. The van der Waals surface area contributed by atoms with Crippen LogP contribution in [0.25, 0.3) is 0 Å². The summed E-state index contributed by atoms with van der Waals surface area (Å²) in [6.07, 6.45) is 4.74. The maximum atomic E-state index is 11.9. The zero-order valence-corrected chi connectivity index (χ0v) is 12.3. The highest BCUT2D eigenvalue weighted by molar-refractivity contribution is 5.70. The molecule has 1 aliphatic heterocycles. The van der Waals surface area contributed by atoms with Gasteiger partial charge >= 0.3 is 6.09 Å². The van der Waals surface area contributed by atoms with E-state index in [0.717, 1.165) is 19.4 Å². The molecule has 1 atom stereocenters. The quantitative estimate of drug-likeness (QED) is 0.855. The number of piperidine rings is 1. The van der Waals surface area contributed by atoms with Crippen LogP contribution in [0.15, 0.2) is 12.5 Å². The van der Waals surface area contributed by atoms with Crippen molar-refractivity contribution >= 4 is 6.09 Å². The van der Waals surface area contributed by atoms with Crippen LogP contribution in [0.5, 0.6) is 0 Å². The lowest BCUT2D eigenvalue weighted by atomic mass is 9.90. The Morgan fingerprint density at radius 3 is 2.95 bits per heavy atom. The molecule has 6 heteroatoms. The number of nitrogens with zero attached hydrogens (tertiary/aromatic N) is 2. The van der Waals surface area contributed by atoms with Crippen molar-refractivity contribution in [3.63, 3.8) is 0 Å². The molecule has 1 fully saturated rings. The van der Waals surface area contributed by atoms with Crippen LogP contribution in [0.4, 0.5) is 4.79 Å². The first kappa shape index (κ1) is 15.0. The van der Waals surface area contributed by atoms with Gasteiger partial charge in [-0.25, -0.2) is 14.3 Å². The van der Waals surface area contributed by atoms with Crippen LogP contribution < -0.4 is 5.32 Å². The number of hydrogen-bond acceptors (Lipinski definition) is 5. The van der Waals surface area contributed by atoms with E-state index in [0.29, 0.717) is 18.7 Å². The van der Waals surface area contributed by atoms with Crippen LogP contribution in [0, 0.1) is 0 Å². The molecule has 2 heterocycles. The summed E-state index contributed by atoms with van der Waals surface area (Å²) < 4.78 is 6.58. The number of nitrogens with one attached hydrogen (secondary N) is 1. The minimum atomic E-state index is -0.772. The number of carbonyl (C=O) groups is 1. The molecule has 112 valence electrons. The van der Waals surface area contributed by atoms with Crippen molar-refractivity contribution in [1.82, 2.24) is 14.9 Å². The Hall–Kier alpha value is -1.40. The van der Waals surface area contributed by atoms with Gasteiger partial charge in [-0.05, 0) is 40.2 Å². The fourth-order valence-electron chi connectivity index (χ4n) is 2.31. The number of aliphatic hydroxyl groups is 1. The Balaban J connectivity index is 2.00. The normalized spacial score (nSPS) is 23.6. The molecule has 0 aromatic carbocycles. The molecular formula is C14H23N3O3. The standard InChI is InChI=1S/C14H23N3O3/c1-13(2,3)20-12(18)17-8-11(16-10-17)7-14(19)5-4-6-15-9-14/h8,10,15,19H,4-7,9H2,1-3H3. The summed E-state index contributed by atoms with van der Waals surface area (Å²) in [5.74, 6) is 0. The van der Waals surface area contributed by atoms with E-state index in [-0.39, 0.29) is 0 Å². The van der Waals surface area contributed by atoms with Gasteiger partial charge in [-0.3, -0.25) is 0 Å². The van der Waals surface area contributed by atoms with Crippen molar-refractivity contribution in [3.05, 3.63) is 18.2 Å². The molecule has 0 spiro atoms. The Morgan fingerprint density at radius 1 is 1.60 bits per heavy atom. The number of imidazole rings is 1. The topological polar surface area (TPSA) is 76.4 Å². The molecule has 0 bridgehead atoms. The van der Waals surface area contributed by atoms with E-state index in [1.807, 2.05) is 20.8 Å². The molecule has 0 amide bonds. The molecule has 0 aliphatic carbocycles. The van der Waals surface area contributed by atoms with Gasteiger partial charge in [0.1, 0.15) is 11.9 Å². The number of ether oxygens (including phenoxy) is 1. The van der Waals surface area contributed by atoms with E-state index in [4.69, 9.17) is 4.74 Å². The minimum Gasteiger partial charge on any atom is -0.443 e. The summed E-state index contributed by atoms with van der Waals surface area (Å²) in [4.78, 5) is 16.1. The fraction of sp³-hybridized carbons (Fsp3) is 0.714. The van der Waals surface area contributed by atoms with Gasteiger partial charge in [0.25, 0.3) is 0 Å². The molecule has 20 heavy (non-hydrogen) atoms. The van der Waals surface area contributed by atoms with Crippen molar-refractivity contribution < 1.29 is 14.6 Å². The molecule has 0 saturated carbocycles.